The summed E-state index contributed by atoms with van der Waals surface area (Å²) in [5, 5.41) is 4.89. The maximum absolute atomic E-state index is 6.13. The van der Waals surface area contributed by atoms with E-state index in [9.17, 15) is 0 Å². The molecule has 1 aromatic carbocycles. The molecule has 0 spiro atoms. The first kappa shape index (κ1) is 13.4. The fraction of sp³-hybridized carbons (Fsp3) is 0.556. The molecule has 3 heteroatoms. The Bertz CT molecular complexity index is 625. The molecule has 4 rings (SSSR count). The van der Waals surface area contributed by atoms with Crippen molar-refractivity contribution in [3.05, 3.63) is 35.6 Å². The van der Waals surface area contributed by atoms with Crippen LogP contribution in [0.15, 0.2) is 28.7 Å². The van der Waals surface area contributed by atoms with Gasteiger partial charge < -0.3 is 9.73 Å². The molecule has 3 nitrogen and oxygen atoms in total. The first-order valence-corrected chi connectivity index (χ1v) is 8.32. The Balaban J connectivity index is 1.63. The standard InChI is InChI=1S/C18H24N2O/c1-2-20(14-9-10-14)12-16-15-5-3-4-6-17(15)21-18(16)11-19-13-7-8-13/h3-6,13-14,19H,2,7-12H2,1H3. The molecule has 0 atom stereocenters. The lowest BCUT2D eigenvalue weighted by atomic mass is 10.1. The Morgan fingerprint density at radius 3 is 2.71 bits per heavy atom. The zero-order valence-electron chi connectivity index (χ0n) is 12.8. The summed E-state index contributed by atoms with van der Waals surface area (Å²) in [6, 6.07) is 9.99. The minimum Gasteiger partial charge on any atom is -0.459 e. The predicted molar refractivity (Wildman–Crippen MR) is 85.2 cm³/mol. The van der Waals surface area contributed by atoms with Gasteiger partial charge >= 0.3 is 0 Å². The van der Waals surface area contributed by atoms with Gasteiger partial charge in [0.1, 0.15) is 11.3 Å². The van der Waals surface area contributed by atoms with Gasteiger partial charge in [-0.1, -0.05) is 25.1 Å². The van der Waals surface area contributed by atoms with E-state index in [0.717, 1.165) is 43.1 Å². The Morgan fingerprint density at radius 1 is 1.19 bits per heavy atom. The lowest BCUT2D eigenvalue weighted by Gasteiger charge is -2.20. The lowest BCUT2D eigenvalue weighted by Crippen LogP contribution is -2.26. The van der Waals surface area contributed by atoms with Gasteiger partial charge in [0.2, 0.25) is 0 Å². The molecule has 1 N–H and O–H groups in total. The molecule has 0 radical (unpaired) electrons. The average molecular weight is 284 g/mol. The molecule has 112 valence electrons. The monoisotopic (exact) mass is 284 g/mol. The average Bonchev–Trinajstić information content (AvgIpc) is 3.41. The molecular formula is C18H24N2O. The smallest absolute Gasteiger partial charge is 0.134 e. The molecule has 0 bridgehead atoms. The highest BCUT2D eigenvalue weighted by Gasteiger charge is 2.29. The largest absolute Gasteiger partial charge is 0.459 e. The van der Waals surface area contributed by atoms with E-state index in [0.29, 0.717) is 0 Å². The van der Waals surface area contributed by atoms with Crippen molar-refractivity contribution in [1.29, 1.82) is 0 Å². The number of hydrogen-bond donors (Lipinski definition) is 1. The number of nitrogens with zero attached hydrogens (tertiary/aromatic N) is 1. The fourth-order valence-electron chi connectivity index (χ4n) is 3.13. The summed E-state index contributed by atoms with van der Waals surface area (Å²) in [5.74, 6) is 1.14. The number of benzene rings is 1. The van der Waals surface area contributed by atoms with Gasteiger partial charge in [-0.25, -0.2) is 0 Å². The molecule has 2 aliphatic rings. The molecule has 0 amide bonds. The van der Waals surface area contributed by atoms with Crippen LogP contribution in [0.4, 0.5) is 0 Å². The van der Waals surface area contributed by atoms with E-state index in [-0.39, 0.29) is 0 Å². The van der Waals surface area contributed by atoms with Crippen molar-refractivity contribution in [2.24, 2.45) is 0 Å². The van der Waals surface area contributed by atoms with Crippen LogP contribution >= 0.6 is 0 Å². The number of fused-ring (bicyclic) bond motifs is 1. The van der Waals surface area contributed by atoms with Gasteiger partial charge in [0.15, 0.2) is 0 Å². The Kier molecular flexibility index (Phi) is 3.48. The van der Waals surface area contributed by atoms with Crippen LogP contribution in [0.3, 0.4) is 0 Å². The summed E-state index contributed by atoms with van der Waals surface area (Å²) in [4.78, 5) is 2.60. The number of nitrogens with one attached hydrogen (secondary N) is 1. The van der Waals surface area contributed by atoms with E-state index < -0.39 is 0 Å². The topological polar surface area (TPSA) is 28.4 Å². The van der Waals surface area contributed by atoms with Gasteiger partial charge in [-0.2, -0.15) is 0 Å². The van der Waals surface area contributed by atoms with Crippen LogP contribution in [0, 0.1) is 0 Å². The van der Waals surface area contributed by atoms with Crippen LogP contribution in [-0.4, -0.2) is 23.5 Å². The van der Waals surface area contributed by atoms with Crippen molar-refractivity contribution in [3.8, 4) is 0 Å². The van der Waals surface area contributed by atoms with Gasteiger partial charge in [-0.15, -0.1) is 0 Å². The fourth-order valence-corrected chi connectivity index (χ4v) is 3.13. The third kappa shape index (κ3) is 2.85. The van der Waals surface area contributed by atoms with Gasteiger partial charge in [-0.05, 0) is 38.3 Å². The normalized spacial score (nSPS) is 18.8. The highest BCUT2D eigenvalue weighted by atomic mass is 16.3. The van der Waals surface area contributed by atoms with Gasteiger partial charge in [0.05, 0.1) is 6.54 Å². The molecule has 1 aromatic heterocycles. The van der Waals surface area contributed by atoms with E-state index in [1.165, 1.54) is 36.6 Å². The van der Waals surface area contributed by atoms with E-state index in [1.807, 2.05) is 0 Å². The van der Waals surface area contributed by atoms with E-state index >= 15 is 0 Å². The summed E-state index contributed by atoms with van der Waals surface area (Å²) in [6.45, 7) is 5.29. The van der Waals surface area contributed by atoms with E-state index in [2.05, 4.69) is 41.4 Å². The van der Waals surface area contributed by atoms with E-state index in [1.54, 1.807) is 0 Å². The quantitative estimate of drug-likeness (QED) is 0.841. The van der Waals surface area contributed by atoms with Crippen LogP contribution < -0.4 is 5.32 Å². The second-order valence-electron chi connectivity index (χ2n) is 6.45. The maximum atomic E-state index is 6.13. The van der Waals surface area contributed by atoms with Crippen molar-refractivity contribution in [2.45, 2.75) is 57.8 Å². The molecule has 2 aliphatic carbocycles. The Labute approximate surface area is 126 Å². The molecular weight excluding hydrogens is 260 g/mol. The second-order valence-corrected chi connectivity index (χ2v) is 6.45. The maximum Gasteiger partial charge on any atom is 0.134 e. The van der Waals surface area contributed by atoms with Crippen molar-refractivity contribution < 1.29 is 4.42 Å². The summed E-state index contributed by atoms with van der Waals surface area (Å²) in [7, 11) is 0. The summed E-state index contributed by atoms with van der Waals surface area (Å²) < 4.78 is 6.13. The van der Waals surface area contributed by atoms with Crippen molar-refractivity contribution >= 4 is 11.0 Å². The van der Waals surface area contributed by atoms with E-state index in [4.69, 9.17) is 4.42 Å². The van der Waals surface area contributed by atoms with Crippen molar-refractivity contribution in [2.75, 3.05) is 6.54 Å². The molecule has 0 unspecified atom stereocenters. The van der Waals surface area contributed by atoms with Crippen LogP contribution in [0.5, 0.6) is 0 Å². The van der Waals surface area contributed by atoms with Gasteiger partial charge in [0, 0.05) is 29.6 Å². The zero-order valence-corrected chi connectivity index (χ0v) is 12.8. The van der Waals surface area contributed by atoms with Gasteiger partial charge in [0.25, 0.3) is 0 Å². The molecule has 0 saturated heterocycles. The first-order valence-electron chi connectivity index (χ1n) is 8.32. The molecule has 0 aliphatic heterocycles. The first-order chi connectivity index (χ1) is 10.3. The van der Waals surface area contributed by atoms with Crippen LogP contribution in [-0.2, 0) is 13.1 Å². The molecule has 2 fully saturated rings. The highest BCUT2D eigenvalue weighted by Crippen LogP contribution is 2.32. The van der Waals surface area contributed by atoms with Crippen molar-refractivity contribution in [3.63, 3.8) is 0 Å². The number of para-hydroxylation sites is 1. The number of furan rings is 1. The minimum absolute atomic E-state index is 0.719. The molecule has 21 heavy (non-hydrogen) atoms. The minimum atomic E-state index is 0.719. The molecule has 1 heterocycles. The third-order valence-electron chi connectivity index (χ3n) is 4.74. The summed E-state index contributed by atoms with van der Waals surface area (Å²) >= 11 is 0. The van der Waals surface area contributed by atoms with Crippen molar-refractivity contribution in [1.82, 2.24) is 10.2 Å². The summed E-state index contributed by atoms with van der Waals surface area (Å²) in [6.07, 6.45) is 5.36. The molecule has 2 saturated carbocycles. The lowest BCUT2D eigenvalue weighted by molar-refractivity contribution is 0.267. The van der Waals surface area contributed by atoms with Crippen LogP contribution in [0.2, 0.25) is 0 Å². The Morgan fingerprint density at radius 2 is 2.00 bits per heavy atom. The predicted octanol–water partition coefficient (Wildman–Crippen LogP) is 3.67. The molecule has 2 aromatic rings. The number of hydrogen-bond acceptors (Lipinski definition) is 3. The second kappa shape index (κ2) is 5.47. The third-order valence-corrected chi connectivity index (χ3v) is 4.74. The summed E-state index contributed by atoms with van der Waals surface area (Å²) in [5.41, 5.74) is 2.43. The SMILES string of the molecule is CCN(Cc1c(CNC2CC2)oc2ccccc12)C1CC1. The highest BCUT2D eigenvalue weighted by molar-refractivity contribution is 5.82. The van der Waals surface area contributed by atoms with Crippen LogP contribution in [0.1, 0.15) is 43.9 Å². The van der Waals surface area contributed by atoms with Crippen LogP contribution in [0.25, 0.3) is 11.0 Å². The Hall–Kier alpha value is -1.32. The zero-order chi connectivity index (χ0) is 14.2. The van der Waals surface area contributed by atoms with Gasteiger partial charge in [-0.3, -0.25) is 4.90 Å². The number of rotatable bonds is 7.